The Hall–Kier alpha value is -1.20. The third-order valence-corrected chi connectivity index (χ3v) is 12.1. The second-order valence-electron chi connectivity index (χ2n) is 17.2. The minimum atomic E-state index is -5.36. The lowest BCUT2D eigenvalue weighted by Gasteiger charge is -2.42. The Morgan fingerprint density at radius 1 is 0.683 bits per heavy atom. The first-order valence-corrected chi connectivity index (χ1v) is 25.5. The molecule has 14 heteroatoms. The molecule has 356 valence electrons. The van der Waals surface area contributed by atoms with Crippen LogP contribution >= 0.6 is 0 Å². The van der Waals surface area contributed by atoms with Crippen LogP contribution in [0.1, 0.15) is 213 Å². The molecule has 2 unspecified atom stereocenters. The molecule has 1 rings (SSSR count). The van der Waals surface area contributed by atoms with Crippen LogP contribution in [0.2, 0.25) is 0 Å². The number of nitrogens with one attached hydrogen (secondary N) is 1. The standard InChI is InChI=1S/C46H89NO12S/c1-3-5-7-9-11-13-15-17-18-19-20-21-23-25-27-29-31-33-35-40(50)45(53)47-38(39(49)34-32-30-28-26-24-22-16-14-12-10-8-6-4-2)37-57-46-43(52)44(59-60(54,55)56)42(51)41(36-48)58-46/h32,34,38-44,46,48-52H,3-31,33,35-37H2,1-2H3,(H,47,53)(H,54,55,56)/p-1/b34-32+/t38-,39+,40?,41+,42-,43+,44-,46?/m0/s1. The molecule has 1 amide bonds. The molecular weight excluding hydrogens is 791 g/mol. The number of hydrogen-bond donors (Lipinski definition) is 6. The Kier molecular flexibility index (Phi) is 35.2. The summed E-state index contributed by atoms with van der Waals surface area (Å²) in [6, 6.07) is -1.13. The Balaban J connectivity index is 2.53. The maximum absolute atomic E-state index is 13.1. The SMILES string of the molecule is CCCCCCCCCCCCC/C=C/[C@@H](O)[C@H](COC1O[C@H](CO)[C@H](O)[C@H](OS(=O)(=O)[O-])[C@H]1O)NC(=O)C(O)CCCCCCCCCCCCCCCCCCCC. The summed E-state index contributed by atoms with van der Waals surface area (Å²) < 4.78 is 49.2. The Bertz CT molecular complexity index is 1140. The van der Waals surface area contributed by atoms with E-state index in [1.807, 2.05) is 6.08 Å². The Labute approximate surface area is 364 Å². The quantitative estimate of drug-likeness (QED) is 0.0148. The average molecular weight is 879 g/mol. The summed E-state index contributed by atoms with van der Waals surface area (Å²) in [4.78, 5) is 13.1. The molecule has 0 bridgehead atoms. The first kappa shape index (κ1) is 56.8. The summed E-state index contributed by atoms with van der Waals surface area (Å²) in [6.45, 7) is 3.18. The Morgan fingerprint density at radius 3 is 1.52 bits per heavy atom. The van der Waals surface area contributed by atoms with E-state index in [4.69, 9.17) is 9.47 Å². The van der Waals surface area contributed by atoms with Gasteiger partial charge in [0.15, 0.2) is 6.29 Å². The van der Waals surface area contributed by atoms with Crippen LogP contribution in [0.3, 0.4) is 0 Å². The summed E-state index contributed by atoms with van der Waals surface area (Å²) in [7, 11) is -5.36. The van der Waals surface area contributed by atoms with Crippen molar-refractivity contribution in [2.45, 2.75) is 262 Å². The molecule has 13 nitrogen and oxygen atoms in total. The van der Waals surface area contributed by atoms with Gasteiger partial charge in [-0.1, -0.05) is 206 Å². The number of amides is 1. The molecule has 0 radical (unpaired) electrons. The molecule has 0 aliphatic carbocycles. The third kappa shape index (κ3) is 29.2. The largest absolute Gasteiger partial charge is 0.726 e. The van der Waals surface area contributed by atoms with Gasteiger partial charge in [0.1, 0.15) is 30.5 Å². The van der Waals surface area contributed by atoms with E-state index < -0.39 is 78.5 Å². The smallest absolute Gasteiger partial charge is 0.249 e. The summed E-state index contributed by atoms with van der Waals surface area (Å²) in [5.41, 5.74) is 0. The van der Waals surface area contributed by atoms with Gasteiger partial charge in [0, 0.05) is 0 Å². The molecule has 60 heavy (non-hydrogen) atoms. The molecule has 8 atom stereocenters. The van der Waals surface area contributed by atoms with Crippen LogP contribution in [0.5, 0.6) is 0 Å². The summed E-state index contributed by atoms with van der Waals surface area (Å²) >= 11 is 0. The van der Waals surface area contributed by atoms with Crippen LogP contribution in [0.25, 0.3) is 0 Å². The molecule has 0 spiro atoms. The molecule has 1 aliphatic heterocycles. The van der Waals surface area contributed by atoms with Gasteiger partial charge in [0.05, 0.1) is 25.4 Å². The number of unbranched alkanes of at least 4 members (excludes halogenated alkanes) is 28. The van der Waals surface area contributed by atoms with Crippen LogP contribution in [0.15, 0.2) is 12.2 Å². The molecule has 0 aromatic rings. The molecule has 1 aliphatic rings. The lowest BCUT2D eigenvalue weighted by Crippen LogP contribution is -2.61. The van der Waals surface area contributed by atoms with Crippen LogP contribution in [0.4, 0.5) is 0 Å². The van der Waals surface area contributed by atoms with E-state index >= 15 is 0 Å². The zero-order chi connectivity index (χ0) is 44.3. The first-order valence-electron chi connectivity index (χ1n) is 24.2. The zero-order valence-electron chi connectivity index (χ0n) is 37.6. The van der Waals surface area contributed by atoms with Crippen molar-refractivity contribution in [1.29, 1.82) is 0 Å². The number of aliphatic hydroxyl groups is 5. The van der Waals surface area contributed by atoms with Gasteiger partial charge in [-0.05, 0) is 19.3 Å². The van der Waals surface area contributed by atoms with Crippen molar-refractivity contribution in [3.05, 3.63) is 12.2 Å². The van der Waals surface area contributed by atoms with E-state index in [9.17, 15) is 43.3 Å². The van der Waals surface area contributed by atoms with Crippen molar-refractivity contribution in [1.82, 2.24) is 5.32 Å². The lowest BCUT2D eigenvalue weighted by atomic mass is 9.99. The molecule has 0 aromatic heterocycles. The Morgan fingerprint density at radius 2 is 1.10 bits per heavy atom. The van der Waals surface area contributed by atoms with Crippen molar-refractivity contribution in [2.24, 2.45) is 0 Å². The third-order valence-electron chi connectivity index (χ3n) is 11.7. The van der Waals surface area contributed by atoms with Gasteiger partial charge in [-0.25, -0.2) is 8.42 Å². The van der Waals surface area contributed by atoms with Gasteiger partial charge >= 0.3 is 0 Å². The van der Waals surface area contributed by atoms with Gasteiger partial charge in [0.2, 0.25) is 16.3 Å². The molecule has 0 aromatic carbocycles. The molecule has 1 saturated heterocycles. The number of aliphatic hydroxyl groups excluding tert-OH is 5. The van der Waals surface area contributed by atoms with Crippen LogP contribution in [-0.2, 0) is 28.9 Å². The predicted octanol–water partition coefficient (Wildman–Crippen LogP) is 8.18. The lowest BCUT2D eigenvalue weighted by molar-refractivity contribution is -0.298. The minimum Gasteiger partial charge on any atom is -0.726 e. The van der Waals surface area contributed by atoms with Gasteiger partial charge in [0.25, 0.3) is 0 Å². The van der Waals surface area contributed by atoms with Crippen molar-refractivity contribution in [2.75, 3.05) is 13.2 Å². The van der Waals surface area contributed by atoms with E-state index in [1.54, 1.807) is 0 Å². The number of carbonyl (C=O) groups excluding carboxylic acids is 1. The van der Waals surface area contributed by atoms with Crippen molar-refractivity contribution >= 4 is 16.3 Å². The molecule has 1 fully saturated rings. The second-order valence-corrected chi connectivity index (χ2v) is 18.2. The minimum absolute atomic E-state index is 0.242. The monoisotopic (exact) mass is 879 g/mol. The highest BCUT2D eigenvalue weighted by molar-refractivity contribution is 7.80. The topological polar surface area (TPSA) is 215 Å². The number of carbonyl (C=O) groups is 1. The van der Waals surface area contributed by atoms with E-state index in [0.29, 0.717) is 12.8 Å². The maximum Gasteiger partial charge on any atom is 0.249 e. The summed E-state index contributed by atoms with van der Waals surface area (Å²) in [5.74, 6) is -0.708. The van der Waals surface area contributed by atoms with Crippen molar-refractivity contribution in [3.63, 3.8) is 0 Å². The van der Waals surface area contributed by atoms with Gasteiger partial charge in [-0.3, -0.25) is 8.98 Å². The molecule has 0 saturated carbocycles. The van der Waals surface area contributed by atoms with Crippen molar-refractivity contribution in [3.8, 4) is 0 Å². The average Bonchev–Trinajstić information content (AvgIpc) is 3.22. The highest BCUT2D eigenvalue weighted by Gasteiger charge is 2.47. The van der Waals surface area contributed by atoms with E-state index in [1.165, 1.54) is 147 Å². The second kappa shape index (κ2) is 37.2. The molecular formula is C46H88NO12S-. The molecule has 1 heterocycles. The zero-order valence-corrected chi connectivity index (χ0v) is 38.4. The van der Waals surface area contributed by atoms with Gasteiger partial charge < -0.3 is 44.9 Å². The van der Waals surface area contributed by atoms with Gasteiger partial charge in [-0.2, -0.15) is 0 Å². The summed E-state index contributed by atoms with van der Waals surface area (Å²) in [6.07, 6.45) is 28.3. The number of rotatable bonds is 41. The van der Waals surface area contributed by atoms with Crippen molar-refractivity contribution < 1.29 is 57.0 Å². The van der Waals surface area contributed by atoms with E-state index in [2.05, 4.69) is 23.3 Å². The fraction of sp³-hybridized carbons (Fsp3) is 0.935. The van der Waals surface area contributed by atoms with E-state index in [-0.39, 0.29) is 6.42 Å². The number of ether oxygens (including phenoxy) is 2. The van der Waals surface area contributed by atoms with Crippen LogP contribution < -0.4 is 5.32 Å². The fourth-order valence-electron chi connectivity index (χ4n) is 7.81. The number of hydrogen-bond acceptors (Lipinski definition) is 12. The normalized spacial score (nSPS) is 21.4. The summed E-state index contributed by atoms with van der Waals surface area (Å²) in [5, 5.41) is 55.1. The fourth-order valence-corrected chi connectivity index (χ4v) is 8.31. The molecule has 6 N–H and O–H groups in total. The van der Waals surface area contributed by atoms with E-state index in [0.717, 1.165) is 38.5 Å². The maximum atomic E-state index is 13.1. The van der Waals surface area contributed by atoms with Gasteiger partial charge in [-0.15, -0.1) is 0 Å². The van der Waals surface area contributed by atoms with Crippen LogP contribution in [-0.4, -0.2) is 107 Å². The predicted molar refractivity (Wildman–Crippen MR) is 236 cm³/mol. The number of allylic oxidation sites excluding steroid dienone is 1. The van der Waals surface area contributed by atoms with Crippen LogP contribution in [0, 0.1) is 0 Å². The highest BCUT2D eigenvalue weighted by Crippen LogP contribution is 2.26. The highest BCUT2D eigenvalue weighted by atomic mass is 32.3. The first-order chi connectivity index (χ1) is 28.9.